The number of hydrogen-bond acceptors (Lipinski definition) is 6. The number of thiophene rings is 1. The van der Waals surface area contributed by atoms with E-state index in [0.717, 1.165) is 47.8 Å². The molecule has 1 aliphatic rings. The molecule has 2 heterocycles. The van der Waals surface area contributed by atoms with Gasteiger partial charge in [0.15, 0.2) is 5.16 Å². The van der Waals surface area contributed by atoms with Gasteiger partial charge in [-0.2, -0.15) is 0 Å². The third kappa shape index (κ3) is 4.88. The fourth-order valence-corrected chi connectivity index (χ4v) is 5.87. The molecule has 0 aliphatic heterocycles. The summed E-state index contributed by atoms with van der Waals surface area (Å²) in [6, 6.07) is 8.79. The molecule has 2 N–H and O–H groups in total. The number of thioether (sulfide) groups is 1. The van der Waals surface area contributed by atoms with Crippen LogP contribution in [0.15, 0.2) is 40.3 Å². The third-order valence-electron chi connectivity index (χ3n) is 5.05. The summed E-state index contributed by atoms with van der Waals surface area (Å²) in [5.74, 6) is -0.482. The van der Waals surface area contributed by atoms with Crippen molar-refractivity contribution >= 4 is 45.3 Å². The maximum Gasteiger partial charge on any atom is 0.321 e. The number of amides is 3. The third-order valence-corrected chi connectivity index (χ3v) is 7.17. The zero-order valence-corrected chi connectivity index (χ0v) is 20.0. The van der Waals surface area contributed by atoms with Crippen LogP contribution in [0.2, 0.25) is 0 Å². The predicted octanol–water partition coefficient (Wildman–Crippen LogP) is 4.04. The second-order valence-electron chi connectivity index (χ2n) is 8.80. The van der Waals surface area contributed by atoms with Crippen LogP contribution in [0.1, 0.15) is 44.1 Å². The maximum atomic E-state index is 13.6. The molecule has 3 amide bonds. The Kier molecular flexibility index (Phi) is 6.39. The first-order valence-electron chi connectivity index (χ1n) is 10.6. The Hall–Kier alpha value is -2.65. The summed E-state index contributed by atoms with van der Waals surface area (Å²) in [6.45, 7) is 5.51. The van der Waals surface area contributed by atoms with Gasteiger partial charge in [0.05, 0.1) is 16.8 Å². The molecule has 0 bridgehead atoms. The number of urea groups is 1. The summed E-state index contributed by atoms with van der Waals surface area (Å²) >= 11 is 2.73. The zero-order valence-electron chi connectivity index (χ0n) is 18.4. The minimum atomic E-state index is -0.544. The van der Waals surface area contributed by atoms with Crippen molar-refractivity contribution in [2.45, 2.75) is 57.1 Å². The first kappa shape index (κ1) is 22.5. The topological polar surface area (TPSA) is 93.1 Å². The van der Waals surface area contributed by atoms with Crippen LogP contribution in [0.3, 0.4) is 0 Å². The van der Waals surface area contributed by atoms with Crippen molar-refractivity contribution in [3.05, 3.63) is 51.1 Å². The lowest BCUT2D eigenvalue weighted by molar-refractivity contribution is -0.117. The van der Waals surface area contributed by atoms with Crippen LogP contribution in [0, 0.1) is 0 Å². The van der Waals surface area contributed by atoms with E-state index in [-0.39, 0.29) is 11.3 Å². The summed E-state index contributed by atoms with van der Waals surface area (Å²) in [5, 5.41) is 6.18. The quantitative estimate of drug-likeness (QED) is 0.443. The van der Waals surface area contributed by atoms with Crippen molar-refractivity contribution in [2.75, 3.05) is 5.75 Å². The predicted molar refractivity (Wildman–Crippen MR) is 129 cm³/mol. The summed E-state index contributed by atoms with van der Waals surface area (Å²) in [7, 11) is 0. The van der Waals surface area contributed by atoms with Crippen LogP contribution < -0.4 is 16.2 Å². The lowest BCUT2D eigenvalue weighted by Crippen LogP contribution is -2.48. The van der Waals surface area contributed by atoms with Crippen molar-refractivity contribution in [1.29, 1.82) is 0 Å². The molecular formula is C23H26N4O3S2. The number of hydrogen-bond donors (Lipinski definition) is 2. The molecule has 0 saturated heterocycles. The number of nitrogens with zero attached hydrogens (tertiary/aromatic N) is 2. The van der Waals surface area contributed by atoms with Crippen LogP contribution in [-0.4, -0.2) is 32.8 Å². The van der Waals surface area contributed by atoms with E-state index in [4.69, 9.17) is 4.98 Å². The van der Waals surface area contributed by atoms with Gasteiger partial charge < -0.3 is 5.32 Å². The van der Waals surface area contributed by atoms with Gasteiger partial charge in [-0.1, -0.05) is 30.0 Å². The molecule has 0 fully saturated rings. The highest BCUT2D eigenvalue weighted by Crippen LogP contribution is 2.35. The Morgan fingerprint density at radius 1 is 1.16 bits per heavy atom. The number of aryl methyl sites for hydroxylation is 2. The molecular weight excluding hydrogens is 444 g/mol. The van der Waals surface area contributed by atoms with Gasteiger partial charge in [-0.05, 0) is 64.2 Å². The number of para-hydroxylation sites is 1. The molecule has 0 atom stereocenters. The number of nitrogens with one attached hydrogen (secondary N) is 2. The van der Waals surface area contributed by atoms with Crippen molar-refractivity contribution in [1.82, 2.24) is 20.2 Å². The molecule has 9 heteroatoms. The van der Waals surface area contributed by atoms with E-state index in [0.29, 0.717) is 16.2 Å². The Balaban J connectivity index is 1.67. The fourth-order valence-electron chi connectivity index (χ4n) is 3.75. The molecule has 0 saturated carbocycles. The minimum absolute atomic E-state index is 0.0343. The molecule has 2 aromatic heterocycles. The molecule has 4 rings (SSSR count). The normalized spacial score (nSPS) is 13.6. The van der Waals surface area contributed by atoms with E-state index in [9.17, 15) is 14.4 Å². The van der Waals surface area contributed by atoms with Crippen molar-refractivity contribution in [3.8, 4) is 5.69 Å². The summed E-state index contributed by atoms with van der Waals surface area (Å²) in [6.07, 6.45) is 4.09. The van der Waals surface area contributed by atoms with Gasteiger partial charge in [-0.15, -0.1) is 11.3 Å². The summed E-state index contributed by atoms with van der Waals surface area (Å²) in [4.78, 5) is 44.7. The van der Waals surface area contributed by atoms with E-state index in [1.165, 1.54) is 4.88 Å². The number of aromatic nitrogens is 2. The number of carbonyl (C=O) groups excluding carboxylic acids is 2. The molecule has 7 nitrogen and oxygen atoms in total. The Morgan fingerprint density at radius 3 is 2.59 bits per heavy atom. The van der Waals surface area contributed by atoms with Gasteiger partial charge in [-0.3, -0.25) is 19.5 Å². The molecule has 32 heavy (non-hydrogen) atoms. The number of carbonyl (C=O) groups is 2. The highest BCUT2D eigenvalue weighted by Gasteiger charge is 2.23. The smallest absolute Gasteiger partial charge is 0.321 e. The van der Waals surface area contributed by atoms with Crippen molar-refractivity contribution < 1.29 is 9.59 Å². The fraction of sp³-hybridized carbons (Fsp3) is 0.391. The average molecular weight is 471 g/mol. The highest BCUT2D eigenvalue weighted by molar-refractivity contribution is 7.99. The minimum Gasteiger partial charge on any atom is -0.333 e. The first-order valence-corrected chi connectivity index (χ1v) is 12.4. The molecule has 0 spiro atoms. The summed E-state index contributed by atoms with van der Waals surface area (Å²) < 4.78 is 1.58. The maximum absolute atomic E-state index is 13.6. The van der Waals surface area contributed by atoms with E-state index < -0.39 is 17.5 Å². The Labute approximate surface area is 194 Å². The standard InChI is InChI=1S/C23H26N4O3S2/c1-23(2,3)26-21(30)24-17(28)13-31-22-25-19-18(15-11-7-8-12-16(15)32-19)20(29)27(22)14-9-5-4-6-10-14/h4-6,9-10H,7-8,11-13H2,1-3H3,(H2,24,26,28,30). The largest absolute Gasteiger partial charge is 0.333 e. The Morgan fingerprint density at radius 2 is 1.88 bits per heavy atom. The number of benzene rings is 1. The number of rotatable bonds is 4. The van der Waals surface area contributed by atoms with Gasteiger partial charge in [0.25, 0.3) is 5.56 Å². The highest BCUT2D eigenvalue weighted by atomic mass is 32.2. The van der Waals surface area contributed by atoms with Crippen molar-refractivity contribution in [2.24, 2.45) is 0 Å². The van der Waals surface area contributed by atoms with Crippen LogP contribution >= 0.6 is 23.1 Å². The second-order valence-corrected chi connectivity index (χ2v) is 10.8. The number of imide groups is 1. The van der Waals surface area contributed by atoms with E-state index in [1.807, 2.05) is 51.1 Å². The van der Waals surface area contributed by atoms with Gasteiger partial charge >= 0.3 is 6.03 Å². The average Bonchev–Trinajstić information content (AvgIpc) is 3.10. The van der Waals surface area contributed by atoms with Gasteiger partial charge in [0, 0.05) is 10.4 Å². The molecule has 168 valence electrons. The van der Waals surface area contributed by atoms with Gasteiger partial charge in [0.1, 0.15) is 4.83 Å². The zero-order chi connectivity index (χ0) is 22.9. The second kappa shape index (κ2) is 9.07. The van der Waals surface area contributed by atoms with E-state index >= 15 is 0 Å². The Bertz CT molecular complexity index is 1230. The van der Waals surface area contributed by atoms with Crippen molar-refractivity contribution in [3.63, 3.8) is 0 Å². The summed E-state index contributed by atoms with van der Waals surface area (Å²) in [5.41, 5.74) is 1.28. The van der Waals surface area contributed by atoms with Crippen LogP contribution in [-0.2, 0) is 17.6 Å². The lowest BCUT2D eigenvalue weighted by atomic mass is 9.97. The molecule has 1 aromatic carbocycles. The van der Waals surface area contributed by atoms with Crippen LogP contribution in [0.25, 0.3) is 15.9 Å². The van der Waals surface area contributed by atoms with E-state index in [1.54, 1.807) is 15.9 Å². The van der Waals surface area contributed by atoms with Gasteiger partial charge in [-0.25, -0.2) is 9.78 Å². The monoisotopic (exact) mass is 470 g/mol. The number of fused-ring (bicyclic) bond motifs is 3. The lowest BCUT2D eigenvalue weighted by Gasteiger charge is -2.20. The SMILES string of the molecule is CC(C)(C)NC(=O)NC(=O)CSc1nc2sc3c(c2c(=O)n1-c1ccccc1)CCCC3. The molecule has 3 aromatic rings. The first-order chi connectivity index (χ1) is 15.2. The molecule has 0 radical (unpaired) electrons. The molecule has 0 unspecified atom stereocenters. The van der Waals surface area contributed by atoms with Crippen LogP contribution in [0.5, 0.6) is 0 Å². The van der Waals surface area contributed by atoms with Crippen LogP contribution in [0.4, 0.5) is 4.79 Å². The van der Waals surface area contributed by atoms with E-state index in [2.05, 4.69) is 10.6 Å². The van der Waals surface area contributed by atoms with Gasteiger partial charge in [0.2, 0.25) is 5.91 Å². The molecule has 1 aliphatic carbocycles.